The van der Waals surface area contributed by atoms with Gasteiger partial charge in [-0.1, -0.05) is 53.5 Å². The van der Waals surface area contributed by atoms with Crippen molar-refractivity contribution in [2.75, 3.05) is 11.9 Å². The number of carboxylic acid groups (broad SMARTS) is 1. The molecule has 2 aromatic rings. The molecule has 3 rings (SSSR count). The fourth-order valence-corrected chi connectivity index (χ4v) is 3.72. The predicted molar refractivity (Wildman–Crippen MR) is 97.4 cm³/mol. The molecule has 0 aromatic heterocycles. The summed E-state index contributed by atoms with van der Waals surface area (Å²) in [6, 6.07) is 12.7. The number of rotatable bonds is 3. The molecule has 2 aromatic carbocycles. The number of carbonyl (C=O) groups excluding carboxylic acids is 1. The maximum atomic E-state index is 12.6. The number of nitrogens with zero attached hydrogens (tertiary/aromatic N) is 1. The zero-order chi connectivity index (χ0) is 18.0. The molecule has 2 atom stereocenters. The number of carboxylic acids is 1. The van der Waals surface area contributed by atoms with Crippen molar-refractivity contribution in [3.8, 4) is 0 Å². The van der Waals surface area contributed by atoms with Crippen LogP contribution >= 0.6 is 23.2 Å². The Bertz CT molecular complexity index is 778. The number of benzene rings is 2. The third kappa shape index (κ3) is 3.89. The molecule has 1 heterocycles. The van der Waals surface area contributed by atoms with E-state index in [1.54, 1.807) is 18.2 Å². The minimum absolute atomic E-state index is 0.243. The van der Waals surface area contributed by atoms with E-state index in [-0.39, 0.29) is 5.92 Å². The predicted octanol–water partition coefficient (Wildman–Crippen LogP) is 4.47. The van der Waals surface area contributed by atoms with Gasteiger partial charge in [0.1, 0.15) is 6.04 Å². The number of carbonyl (C=O) groups is 2. The summed E-state index contributed by atoms with van der Waals surface area (Å²) in [5.41, 5.74) is 1.34. The fraction of sp³-hybridized carbons (Fsp3) is 0.222. The second-order valence-corrected chi connectivity index (χ2v) is 6.74. The Morgan fingerprint density at radius 2 is 1.72 bits per heavy atom. The number of urea groups is 1. The standard InChI is InChI=1S/C18H16Cl2N2O3/c19-12-8-13(20)10-14(9-12)21-18(25)22-7-6-15(16(22)17(23)24)11-4-2-1-3-5-11/h1-5,8-10,15-16H,6-7H2,(H,21,25)(H,23,24). The lowest BCUT2D eigenvalue weighted by Crippen LogP contribution is -2.44. The van der Waals surface area contributed by atoms with Gasteiger partial charge in [0.05, 0.1) is 0 Å². The number of hydrogen-bond donors (Lipinski definition) is 2. The van der Waals surface area contributed by atoms with Crippen LogP contribution in [0.2, 0.25) is 10.0 Å². The van der Waals surface area contributed by atoms with E-state index in [9.17, 15) is 14.7 Å². The second-order valence-electron chi connectivity index (χ2n) is 5.87. The summed E-state index contributed by atoms with van der Waals surface area (Å²) in [6.45, 7) is 0.358. The summed E-state index contributed by atoms with van der Waals surface area (Å²) in [6.07, 6.45) is 0.588. The molecule has 2 N–H and O–H groups in total. The number of aliphatic carboxylic acids is 1. The minimum atomic E-state index is -1.02. The van der Waals surface area contributed by atoms with Gasteiger partial charge in [0.15, 0.2) is 0 Å². The number of hydrogen-bond acceptors (Lipinski definition) is 2. The van der Waals surface area contributed by atoms with Crippen LogP contribution in [0.25, 0.3) is 0 Å². The van der Waals surface area contributed by atoms with Crippen molar-refractivity contribution in [2.24, 2.45) is 0 Å². The minimum Gasteiger partial charge on any atom is -0.480 e. The van der Waals surface area contributed by atoms with Gasteiger partial charge in [-0.2, -0.15) is 0 Å². The molecule has 0 saturated carbocycles. The van der Waals surface area contributed by atoms with Crippen molar-refractivity contribution in [3.63, 3.8) is 0 Å². The molecular formula is C18H16Cl2N2O3. The first kappa shape index (κ1) is 17.6. The summed E-state index contributed by atoms with van der Waals surface area (Å²) in [7, 11) is 0. The van der Waals surface area contributed by atoms with Crippen LogP contribution in [0.3, 0.4) is 0 Å². The summed E-state index contributed by atoms with van der Waals surface area (Å²) < 4.78 is 0. The van der Waals surface area contributed by atoms with E-state index in [2.05, 4.69) is 5.32 Å². The number of halogens is 2. The van der Waals surface area contributed by atoms with Gasteiger partial charge < -0.3 is 15.3 Å². The Labute approximate surface area is 155 Å². The van der Waals surface area contributed by atoms with Gasteiger partial charge in [-0.25, -0.2) is 9.59 Å². The number of amides is 2. The van der Waals surface area contributed by atoms with E-state index in [4.69, 9.17) is 23.2 Å². The molecule has 1 aliphatic rings. The van der Waals surface area contributed by atoms with Gasteiger partial charge in [0, 0.05) is 28.2 Å². The number of likely N-dealkylation sites (tertiary alicyclic amines) is 1. The molecular weight excluding hydrogens is 363 g/mol. The highest BCUT2D eigenvalue weighted by Gasteiger charge is 2.42. The average Bonchev–Trinajstić information content (AvgIpc) is 3.00. The smallest absolute Gasteiger partial charge is 0.327 e. The van der Waals surface area contributed by atoms with Crippen molar-refractivity contribution in [1.82, 2.24) is 4.90 Å². The summed E-state index contributed by atoms with van der Waals surface area (Å²) in [5, 5.41) is 13.1. The third-order valence-corrected chi connectivity index (χ3v) is 4.69. The monoisotopic (exact) mass is 378 g/mol. The Balaban J connectivity index is 1.81. The van der Waals surface area contributed by atoms with E-state index in [0.717, 1.165) is 5.56 Å². The summed E-state index contributed by atoms with van der Waals surface area (Å²) >= 11 is 11.9. The largest absolute Gasteiger partial charge is 0.480 e. The molecule has 2 unspecified atom stereocenters. The highest BCUT2D eigenvalue weighted by Crippen LogP contribution is 2.34. The van der Waals surface area contributed by atoms with E-state index in [1.165, 1.54) is 4.90 Å². The van der Waals surface area contributed by atoms with Crippen molar-refractivity contribution in [1.29, 1.82) is 0 Å². The second kappa shape index (κ2) is 7.33. The SMILES string of the molecule is O=C(O)C1C(c2ccccc2)CCN1C(=O)Nc1cc(Cl)cc(Cl)c1. The van der Waals surface area contributed by atoms with Crippen LogP contribution < -0.4 is 5.32 Å². The molecule has 1 fully saturated rings. The number of anilines is 1. The molecule has 25 heavy (non-hydrogen) atoms. The highest BCUT2D eigenvalue weighted by molar-refractivity contribution is 6.35. The lowest BCUT2D eigenvalue weighted by atomic mass is 9.92. The molecule has 0 radical (unpaired) electrons. The average molecular weight is 379 g/mol. The molecule has 7 heteroatoms. The number of nitrogens with one attached hydrogen (secondary N) is 1. The quantitative estimate of drug-likeness (QED) is 0.827. The van der Waals surface area contributed by atoms with Crippen LogP contribution in [0.15, 0.2) is 48.5 Å². The van der Waals surface area contributed by atoms with Gasteiger partial charge in [0.25, 0.3) is 0 Å². The third-order valence-electron chi connectivity index (χ3n) is 4.25. The molecule has 1 aliphatic heterocycles. The molecule has 5 nitrogen and oxygen atoms in total. The zero-order valence-electron chi connectivity index (χ0n) is 13.2. The maximum absolute atomic E-state index is 12.6. The molecule has 0 bridgehead atoms. The van der Waals surface area contributed by atoms with Crippen LogP contribution in [0.4, 0.5) is 10.5 Å². The Hall–Kier alpha value is -2.24. The van der Waals surface area contributed by atoms with Gasteiger partial charge in [-0.15, -0.1) is 0 Å². The van der Waals surface area contributed by atoms with Crippen molar-refractivity contribution >= 4 is 40.9 Å². The molecule has 0 spiro atoms. The van der Waals surface area contributed by atoms with Crippen molar-refractivity contribution < 1.29 is 14.7 Å². The van der Waals surface area contributed by atoms with Gasteiger partial charge in [0.2, 0.25) is 0 Å². The molecule has 0 aliphatic carbocycles. The summed E-state index contributed by atoms with van der Waals surface area (Å²) in [4.78, 5) is 25.7. The Kier molecular flexibility index (Phi) is 5.16. The van der Waals surface area contributed by atoms with E-state index < -0.39 is 18.0 Å². The fourth-order valence-electron chi connectivity index (χ4n) is 3.20. The lowest BCUT2D eigenvalue weighted by Gasteiger charge is -2.25. The summed E-state index contributed by atoms with van der Waals surface area (Å²) in [5.74, 6) is -1.27. The van der Waals surface area contributed by atoms with E-state index in [1.807, 2.05) is 30.3 Å². The van der Waals surface area contributed by atoms with Gasteiger partial charge in [-0.05, 0) is 30.2 Å². The van der Waals surface area contributed by atoms with Crippen molar-refractivity contribution in [2.45, 2.75) is 18.4 Å². The van der Waals surface area contributed by atoms with Crippen LogP contribution in [-0.2, 0) is 4.79 Å². The Morgan fingerprint density at radius 3 is 2.32 bits per heavy atom. The highest BCUT2D eigenvalue weighted by atomic mass is 35.5. The lowest BCUT2D eigenvalue weighted by molar-refractivity contribution is -0.141. The van der Waals surface area contributed by atoms with E-state index in [0.29, 0.717) is 28.7 Å². The van der Waals surface area contributed by atoms with Crippen molar-refractivity contribution in [3.05, 3.63) is 64.1 Å². The maximum Gasteiger partial charge on any atom is 0.327 e. The molecule has 2 amide bonds. The first-order chi connectivity index (χ1) is 12.0. The van der Waals surface area contributed by atoms with Crippen LogP contribution in [0.5, 0.6) is 0 Å². The van der Waals surface area contributed by atoms with Gasteiger partial charge in [-0.3, -0.25) is 0 Å². The molecule has 130 valence electrons. The Morgan fingerprint density at radius 1 is 1.08 bits per heavy atom. The first-order valence-electron chi connectivity index (χ1n) is 7.77. The normalized spacial score (nSPS) is 19.7. The first-order valence-corrected chi connectivity index (χ1v) is 8.53. The van der Waals surface area contributed by atoms with E-state index >= 15 is 0 Å². The van der Waals surface area contributed by atoms with Crippen LogP contribution in [-0.4, -0.2) is 34.6 Å². The van der Waals surface area contributed by atoms with Crippen LogP contribution in [0, 0.1) is 0 Å². The van der Waals surface area contributed by atoms with Gasteiger partial charge >= 0.3 is 12.0 Å². The molecule has 1 saturated heterocycles. The topological polar surface area (TPSA) is 69.6 Å². The zero-order valence-corrected chi connectivity index (χ0v) is 14.7. The van der Waals surface area contributed by atoms with Crippen LogP contribution in [0.1, 0.15) is 17.9 Å².